The van der Waals surface area contributed by atoms with E-state index >= 15 is 0 Å². The van der Waals surface area contributed by atoms with Crippen LogP contribution in [-0.4, -0.2) is 40.8 Å². The van der Waals surface area contributed by atoms with Crippen LogP contribution >= 0.6 is 0 Å². The molecule has 28 heavy (non-hydrogen) atoms. The van der Waals surface area contributed by atoms with E-state index in [-0.39, 0.29) is 17.8 Å². The summed E-state index contributed by atoms with van der Waals surface area (Å²) in [6.45, 7) is 1.83. The van der Waals surface area contributed by atoms with Gasteiger partial charge in [0.15, 0.2) is 0 Å². The highest BCUT2D eigenvalue weighted by atomic mass is 16.5. The quantitative estimate of drug-likeness (QED) is 0.637. The Balaban J connectivity index is 1.62. The Bertz CT molecular complexity index is 932. The molecular weight excluding hydrogens is 364 g/mol. The van der Waals surface area contributed by atoms with E-state index in [1.807, 2.05) is 6.92 Å². The molecule has 1 saturated carbocycles. The molecule has 2 fully saturated rings. The summed E-state index contributed by atoms with van der Waals surface area (Å²) in [7, 11) is 1.36. The first-order valence-corrected chi connectivity index (χ1v) is 9.07. The molecule has 1 aromatic carbocycles. The van der Waals surface area contributed by atoms with Crippen molar-refractivity contribution >= 4 is 23.6 Å². The number of benzene rings is 1. The maximum Gasteiger partial charge on any atom is 0.329 e. The predicted octanol–water partition coefficient (Wildman–Crippen LogP) is 2.20. The third-order valence-electron chi connectivity index (χ3n) is 5.59. The summed E-state index contributed by atoms with van der Waals surface area (Å²) in [5.74, 6) is -0.503. The van der Waals surface area contributed by atoms with Crippen molar-refractivity contribution in [3.8, 4) is 11.5 Å². The Labute approximate surface area is 161 Å². The Morgan fingerprint density at radius 3 is 2.71 bits per heavy atom. The first kappa shape index (κ1) is 18.1. The van der Waals surface area contributed by atoms with Crippen molar-refractivity contribution in [2.45, 2.75) is 38.1 Å². The second-order valence-corrected chi connectivity index (χ2v) is 7.20. The SMILES string of the molecule is COC(=O)C1CCC2(CC1)NC(=O)N(c1cc(-c3nnco3)ccc1C)C2=O. The molecule has 1 aromatic heterocycles. The molecule has 1 N–H and O–H groups in total. The summed E-state index contributed by atoms with van der Waals surface area (Å²) in [5, 5.41) is 10.4. The Hall–Kier alpha value is -3.23. The summed E-state index contributed by atoms with van der Waals surface area (Å²) in [6, 6.07) is 4.82. The minimum absolute atomic E-state index is 0.239. The number of aryl methyl sites for hydroxylation is 1. The molecule has 9 nitrogen and oxygen atoms in total. The number of hydrogen-bond acceptors (Lipinski definition) is 7. The standard InChI is InChI=1S/C19H20N4O5/c1-11-3-4-13(15-22-20-10-28-15)9-14(11)23-17(25)19(21-18(23)26)7-5-12(6-8-19)16(24)27-2/h3-4,9-10,12H,5-8H2,1-2H3,(H,21,26). The van der Waals surface area contributed by atoms with Crippen molar-refractivity contribution in [2.75, 3.05) is 12.0 Å². The third-order valence-corrected chi connectivity index (χ3v) is 5.59. The second kappa shape index (κ2) is 6.74. The van der Waals surface area contributed by atoms with Crippen LogP contribution in [-0.2, 0) is 14.3 Å². The molecule has 0 atom stereocenters. The molecule has 146 valence electrons. The smallest absolute Gasteiger partial charge is 0.329 e. The Kier molecular flexibility index (Phi) is 4.37. The fourth-order valence-corrected chi connectivity index (χ4v) is 3.97. The van der Waals surface area contributed by atoms with Crippen molar-refractivity contribution in [3.63, 3.8) is 0 Å². The largest absolute Gasteiger partial charge is 0.469 e. The first-order valence-electron chi connectivity index (χ1n) is 9.07. The number of anilines is 1. The summed E-state index contributed by atoms with van der Waals surface area (Å²) < 4.78 is 10.0. The summed E-state index contributed by atoms with van der Waals surface area (Å²) in [5.41, 5.74) is 0.889. The van der Waals surface area contributed by atoms with Crippen LogP contribution in [0.2, 0.25) is 0 Å². The number of esters is 1. The fraction of sp³-hybridized carbons (Fsp3) is 0.421. The molecule has 0 unspecified atom stereocenters. The van der Waals surface area contributed by atoms with Gasteiger partial charge in [0.25, 0.3) is 5.91 Å². The number of rotatable bonds is 3. The van der Waals surface area contributed by atoms with Crippen LogP contribution in [0.5, 0.6) is 0 Å². The van der Waals surface area contributed by atoms with Gasteiger partial charge in [0.05, 0.1) is 18.7 Å². The monoisotopic (exact) mass is 384 g/mol. The molecule has 4 rings (SSSR count). The maximum atomic E-state index is 13.3. The van der Waals surface area contributed by atoms with E-state index in [4.69, 9.17) is 9.15 Å². The van der Waals surface area contributed by atoms with E-state index in [1.165, 1.54) is 18.4 Å². The van der Waals surface area contributed by atoms with E-state index < -0.39 is 11.6 Å². The zero-order valence-corrected chi connectivity index (χ0v) is 15.6. The molecule has 1 spiro atoms. The van der Waals surface area contributed by atoms with Crippen LogP contribution in [0.25, 0.3) is 11.5 Å². The van der Waals surface area contributed by atoms with Gasteiger partial charge in [-0.15, -0.1) is 10.2 Å². The molecule has 2 aliphatic rings. The lowest BCUT2D eigenvalue weighted by Crippen LogP contribution is -2.50. The van der Waals surface area contributed by atoms with Crippen LogP contribution in [0.1, 0.15) is 31.2 Å². The number of amides is 3. The lowest BCUT2D eigenvalue weighted by molar-refractivity contribution is -0.147. The number of carbonyl (C=O) groups is 3. The van der Waals surface area contributed by atoms with Gasteiger partial charge in [0, 0.05) is 5.56 Å². The number of aromatic nitrogens is 2. The molecule has 2 heterocycles. The number of ether oxygens (including phenoxy) is 1. The van der Waals surface area contributed by atoms with Gasteiger partial charge in [-0.2, -0.15) is 0 Å². The molecule has 3 amide bonds. The van der Waals surface area contributed by atoms with Gasteiger partial charge in [-0.3, -0.25) is 9.59 Å². The highest BCUT2D eigenvalue weighted by molar-refractivity contribution is 6.23. The van der Waals surface area contributed by atoms with Gasteiger partial charge in [-0.25, -0.2) is 9.69 Å². The van der Waals surface area contributed by atoms with Gasteiger partial charge < -0.3 is 14.5 Å². The zero-order valence-electron chi connectivity index (χ0n) is 15.6. The molecule has 1 aliphatic heterocycles. The van der Waals surface area contributed by atoms with Crippen molar-refractivity contribution in [2.24, 2.45) is 5.92 Å². The second-order valence-electron chi connectivity index (χ2n) is 7.20. The predicted molar refractivity (Wildman–Crippen MR) is 97.2 cm³/mol. The average Bonchev–Trinajstić information content (AvgIpc) is 3.31. The van der Waals surface area contributed by atoms with E-state index in [2.05, 4.69) is 15.5 Å². The van der Waals surface area contributed by atoms with Gasteiger partial charge in [-0.1, -0.05) is 6.07 Å². The van der Waals surface area contributed by atoms with Crippen molar-refractivity contribution in [1.82, 2.24) is 15.5 Å². The number of carbonyl (C=O) groups excluding carboxylic acids is 3. The molecule has 1 saturated heterocycles. The van der Waals surface area contributed by atoms with Gasteiger partial charge in [0.2, 0.25) is 12.3 Å². The Morgan fingerprint density at radius 1 is 1.32 bits per heavy atom. The minimum Gasteiger partial charge on any atom is -0.469 e. The highest BCUT2D eigenvalue weighted by Gasteiger charge is 2.54. The number of nitrogens with one attached hydrogen (secondary N) is 1. The number of nitrogens with zero attached hydrogens (tertiary/aromatic N) is 3. The summed E-state index contributed by atoms with van der Waals surface area (Å²) in [6.07, 6.45) is 3.00. The van der Waals surface area contributed by atoms with E-state index in [1.54, 1.807) is 18.2 Å². The zero-order chi connectivity index (χ0) is 19.9. The third kappa shape index (κ3) is 2.83. The topological polar surface area (TPSA) is 115 Å². The van der Waals surface area contributed by atoms with Crippen LogP contribution in [0.4, 0.5) is 10.5 Å². The highest BCUT2D eigenvalue weighted by Crippen LogP contribution is 2.39. The van der Waals surface area contributed by atoms with Gasteiger partial charge >= 0.3 is 12.0 Å². The molecule has 0 bridgehead atoms. The summed E-state index contributed by atoms with van der Waals surface area (Å²) in [4.78, 5) is 38.9. The van der Waals surface area contributed by atoms with E-state index in [9.17, 15) is 14.4 Å². The fourth-order valence-electron chi connectivity index (χ4n) is 3.97. The lowest BCUT2D eigenvalue weighted by atomic mass is 9.76. The maximum absolute atomic E-state index is 13.3. The van der Waals surface area contributed by atoms with Crippen LogP contribution in [0.3, 0.4) is 0 Å². The molecule has 9 heteroatoms. The van der Waals surface area contributed by atoms with Crippen LogP contribution in [0, 0.1) is 12.8 Å². The average molecular weight is 384 g/mol. The van der Waals surface area contributed by atoms with E-state index in [0.717, 1.165) is 5.56 Å². The van der Waals surface area contributed by atoms with Crippen molar-refractivity contribution in [3.05, 3.63) is 30.2 Å². The number of hydrogen-bond donors (Lipinski definition) is 1. The molecular formula is C19H20N4O5. The number of urea groups is 1. The lowest BCUT2D eigenvalue weighted by Gasteiger charge is -2.33. The Morgan fingerprint density at radius 2 is 2.07 bits per heavy atom. The molecule has 2 aromatic rings. The van der Waals surface area contributed by atoms with Crippen LogP contribution < -0.4 is 10.2 Å². The minimum atomic E-state index is -0.978. The van der Waals surface area contributed by atoms with Crippen molar-refractivity contribution < 1.29 is 23.5 Å². The van der Waals surface area contributed by atoms with E-state index in [0.29, 0.717) is 42.8 Å². The number of imide groups is 1. The van der Waals surface area contributed by atoms with Crippen molar-refractivity contribution in [1.29, 1.82) is 0 Å². The normalized spacial score (nSPS) is 24.5. The first-order chi connectivity index (χ1) is 13.4. The van der Waals surface area contributed by atoms with Gasteiger partial charge in [-0.05, 0) is 50.3 Å². The van der Waals surface area contributed by atoms with Crippen LogP contribution in [0.15, 0.2) is 29.0 Å². The molecule has 0 radical (unpaired) electrons. The molecule has 1 aliphatic carbocycles. The summed E-state index contributed by atoms with van der Waals surface area (Å²) >= 11 is 0. The van der Waals surface area contributed by atoms with Gasteiger partial charge in [0.1, 0.15) is 5.54 Å². The number of methoxy groups -OCH3 is 1.